The van der Waals surface area contributed by atoms with Crippen molar-refractivity contribution in [3.63, 3.8) is 0 Å². The minimum absolute atomic E-state index is 0. The average molecular weight is 1230 g/mol. The number of carbonyl (C=O) groups is 3. The number of nitrogens with one attached hydrogen (secondary N) is 3. The van der Waals surface area contributed by atoms with Crippen molar-refractivity contribution in [3.8, 4) is 6.07 Å². The van der Waals surface area contributed by atoms with E-state index in [1.807, 2.05) is 89.6 Å². The predicted molar refractivity (Wildman–Crippen MR) is 325 cm³/mol. The molecule has 412 valence electrons. The second-order valence-corrected chi connectivity index (χ2v) is 21.3. The molecular weight excluding hydrogens is 1170 g/mol. The van der Waals surface area contributed by atoms with Crippen LogP contribution in [0.5, 0.6) is 0 Å². The summed E-state index contributed by atoms with van der Waals surface area (Å²) in [6.45, 7) is 7.65. The van der Waals surface area contributed by atoms with Crippen molar-refractivity contribution in [3.05, 3.63) is 236 Å². The Hall–Kier alpha value is -4.77. The van der Waals surface area contributed by atoms with Crippen molar-refractivity contribution in [2.24, 2.45) is 11.5 Å². The third-order valence-corrected chi connectivity index (χ3v) is 15.5. The Morgan fingerprint density at radius 2 is 0.937 bits per heavy atom. The van der Waals surface area contributed by atoms with E-state index in [9.17, 15) is 19.6 Å². The Morgan fingerprint density at radius 1 is 0.582 bits per heavy atom. The number of aldehydes is 1. The topological polar surface area (TPSA) is 216 Å². The third kappa shape index (κ3) is 28.5. The number of aliphatic hydroxyl groups excluding tert-OH is 1. The van der Waals surface area contributed by atoms with Crippen molar-refractivity contribution in [1.82, 2.24) is 16.0 Å². The van der Waals surface area contributed by atoms with Crippen LogP contribution in [0, 0.1) is 23.2 Å². The van der Waals surface area contributed by atoms with Gasteiger partial charge in [0.05, 0.1) is 18.2 Å². The molecule has 4 aromatic carbocycles. The summed E-state index contributed by atoms with van der Waals surface area (Å²) in [4.78, 5) is 38.9. The number of amides is 1. The molecule has 8 rings (SSSR count). The van der Waals surface area contributed by atoms with Gasteiger partial charge in [-0.05, 0) is 113 Å². The molecule has 0 saturated heterocycles. The fourth-order valence-electron chi connectivity index (χ4n) is 6.71. The van der Waals surface area contributed by atoms with Crippen molar-refractivity contribution >= 4 is 110 Å². The van der Waals surface area contributed by atoms with Gasteiger partial charge in [-0.25, -0.2) is 4.79 Å². The maximum Gasteiger partial charge on any atom is 1.00 e. The second kappa shape index (κ2) is 44.9. The summed E-state index contributed by atoms with van der Waals surface area (Å²) < 4.78 is 4.85. The molecule has 3 unspecified atom stereocenters. The van der Waals surface area contributed by atoms with Crippen molar-refractivity contribution < 1.29 is 53.8 Å². The quantitative estimate of drug-likeness (QED) is 0.0183. The summed E-state index contributed by atoms with van der Waals surface area (Å²) in [5.74, 6) is -0.747. The minimum Gasteiger partial charge on any atom is -0.512 e. The minimum atomic E-state index is -0.548. The van der Waals surface area contributed by atoms with Gasteiger partial charge < -0.3 is 43.8 Å². The normalized spacial score (nSPS) is 10.8. The first-order valence-electron chi connectivity index (χ1n) is 23.9. The number of thiophene rings is 4. The van der Waals surface area contributed by atoms with Gasteiger partial charge in [-0.15, -0.1) is 45.3 Å². The van der Waals surface area contributed by atoms with Crippen LogP contribution in [0.15, 0.2) is 167 Å². The van der Waals surface area contributed by atoms with Gasteiger partial charge in [0.1, 0.15) is 18.1 Å². The van der Waals surface area contributed by atoms with Crippen LogP contribution in [0.25, 0.3) is 0 Å². The second-order valence-electron chi connectivity index (χ2n) is 15.5. The summed E-state index contributed by atoms with van der Waals surface area (Å²) in [6.07, 6.45) is 4.43. The third-order valence-electron chi connectivity index (χ3n) is 10.4. The molecule has 79 heavy (non-hydrogen) atoms. The van der Waals surface area contributed by atoms with E-state index in [1.54, 1.807) is 81.7 Å². The zero-order valence-corrected chi connectivity index (χ0v) is 52.2. The Balaban J connectivity index is 0.000000501. The molecule has 4 heterocycles. The van der Waals surface area contributed by atoms with Crippen LogP contribution in [0.2, 0.25) is 20.1 Å². The zero-order chi connectivity index (χ0) is 57.3. The number of ether oxygens (including phenoxy) is 1. The summed E-state index contributed by atoms with van der Waals surface area (Å²) in [5, 5.41) is 42.5. The maximum absolute atomic E-state index is 11.9. The van der Waals surface area contributed by atoms with E-state index in [0.717, 1.165) is 68.9 Å². The SMILES string of the molecule is CO.COC(=O)C(NCCc1cccs1)c1ccccc1Cl.N#CC(NCCc1cccs1)c1ccccc1Cl.NC(=O)C(NCCc1cccs1)c1ccccc1Cl.NCCc1cccs1.O=Cc1ccccc1Cl.[C-]#N.[Na+]. The number of halogens is 4. The molecule has 0 saturated carbocycles. The van der Waals surface area contributed by atoms with Gasteiger partial charge in [0.2, 0.25) is 5.91 Å². The first kappa shape index (κ1) is 72.2. The van der Waals surface area contributed by atoms with Crippen LogP contribution < -0.4 is 57.0 Å². The number of benzene rings is 4. The summed E-state index contributed by atoms with van der Waals surface area (Å²) >= 11 is 30.8. The van der Waals surface area contributed by atoms with Crippen LogP contribution >= 0.6 is 91.8 Å². The Labute approximate surface area is 522 Å². The van der Waals surface area contributed by atoms with Crippen LogP contribution in [-0.4, -0.2) is 63.7 Å². The van der Waals surface area contributed by atoms with Gasteiger partial charge >= 0.3 is 35.5 Å². The van der Waals surface area contributed by atoms with E-state index >= 15 is 0 Å². The van der Waals surface area contributed by atoms with Crippen molar-refractivity contribution in [2.45, 2.75) is 43.8 Å². The molecule has 21 heteroatoms. The van der Waals surface area contributed by atoms with Crippen molar-refractivity contribution in [1.29, 1.82) is 10.5 Å². The average Bonchev–Trinajstić information content (AvgIpc) is 4.35. The largest absolute Gasteiger partial charge is 1.00 e. The first-order chi connectivity index (χ1) is 38.0. The molecule has 4 aromatic heterocycles. The number of rotatable bonds is 20. The summed E-state index contributed by atoms with van der Waals surface area (Å²) in [6, 6.07) is 46.2. The summed E-state index contributed by atoms with van der Waals surface area (Å²) in [5.41, 5.74) is 13.6. The first-order valence-corrected chi connectivity index (χ1v) is 28.9. The summed E-state index contributed by atoms with van der Waals surface area (Å²) in [7, 11) is 2.38. The molecule has 8 aromatic rings. The van der Waals surface area contributed by atoms with Crippen molar-refractivity contribution in [2.75, 3.05) is 40.4 Å². The van der Waals surface area contributed by atoms with Gasteiger partial charge in [-0.3, -0.25) is 14.9 Å². The number of esters is 1. The molecule has 12 nitrogen and oxygen atoms in total. The smallest absolute Gasteiger partial charge is 0.512 e. The molecule has 0 aliphatic rings. The van der Waals surface area contributed by atoms with Crippen LogP contribution in [0.3, 0.4) is 0 Å². The molecule has 0 fully saturated rings. The standard InChI is InChI=1S/C15H16ClNO2S.C14H15ClN2OS.C14H13ClN2S.C7H5ClO.C6H9NS.CN.CH4O.Na/c1-19-15(18)14(12-6-2-3-7-13(12)16)17-9-8-11-5-4-10-20-11;15-12-6-2-1-5-11(12)13(14(16)18)17-8-7-10-4-3-9-19-10;15-13-6-2-1-5-12(13)14(10-16)17-8-7-11-4-3-9-18-11;8-7-4-2-1-3-6(7)5-9;7-4-3-6-2-1-5-8-6;2*1-2;/h2-7,10,14,17H,8-9H2,1H3;1-6,9,13,17H,7-8H2,(H2,16,18);1-6,9,14,17H,7-8H2;1-5H;1-2,5H,3-4,7H2;;2H,1H3;/q;;;;;-1;;+1. The monoisotopic (exact) mass is 1230 g/mol. The van der Waals surface area contributed by atoms with E-state index in [-0.39, 0.29) is 41.6 Å². The molecule has 0 spiro atoms. The number of primary amides is 1. The molecule has 0 bridgehead atoms. The van der Waals surface area contributed by atoms with E-state index in [1.165, 1.54) is 26.6 Å². The number of nitrogens with zero attached hydrogens (tertiary/aromatic N) is 2. The van der Waals surface area contributed by atoms with Crippen LogP contribution in [0.1, 0.15) is 64.7 Å². The van der Waals surface area contributed by atoms with E-state index in [0.29, 0.717) is 38.7 Å². The van der Waals surface area contributed by atoms with E-state index in [2.05, 4.69) is 63.1 Å². The Morgan fingerprint density at radius 3 is 1.27 bits per heavy atom. The molecule has 8 N–H and O–H groups in total. The number of hydrogen-bond acceptors (Lipinski definition) is 15. The molecular formula is C58H62Cl4N7NaO5S4. The predicted octanol–water partition coefficient (Wildman–Crippen LogP) is 10.1. The number of nitrogens with two attached hydrogens (primary N) is 2. The van der Waals surface area contributed by atoms with E-state index in [4.69, 9.17) is 79.5 Å². The fraction of sp³-hybridized carbons (Fsp3) is 0.224. The van der Waals surface area contributed by atoms with E-state index < -0.39 is 18.0 Å². The molecule has 0 aliphatic carbocycles. The van der Waals surface area contributed by atoms with Crippen LogP contribution in [-0.2, 0) is 40.0 Å². The van der Waals surface area contributed by atoms with Crippen LogP contribution in [0.4, 0.5) is 0 Å². The number of carbonyl (C=O) groups excluding carboxylic acids is 3. The number of nitriles is 1. The number of methoxy groups -OCH3 is 1. The molecule has 0 aliphatic heterocycles. The number of hydrogen-bond donors (Lipinski definition) is 6. The fourth-order valence-corrected chi connectivity index (χ4v) is 10.5. The van der Waals surface area contributed by atoms with Gasteiger partial charge in [0.15, 0.2) is 6.29 Å². The van der Waals surface area contributed by atoms with Gasteiger partial charge in [-0.1, -0.05) is 143 Å². The van der Waals surface area contributed by atoms with Gasteiger partial charge in [0.25, 0.3) is 0 Å². The Kier molecular flexibility index (Phi) is 41.1. The number of aliphatic hydroxyl groups is 1. The molecule has 1 amide bonds. The zero-order valence-electron chi connectivity index (χ0n) is 43.9. The maximum atomic E-state index is 11.9. The molecule has 3 atom stereocenters. The van der Waals surface area contributed by atoms with Gasteiger partial charge in [0, 0.05) is 72.4 Å². The molecule has 0 radical (unpaired) electrons. The van der Waals surface area contributed by atoms with Gasteiger partial charge in [-0.2, -0.15) is 5.26 Å². The Bertz CT molecular complexity index is 2910.